The van der Waals surface area contributed by atoms with E-state index in [0.29, 0.717) is 28.7 Å². The van der Waals surface area contributed by atoms with Gasteiger partial charge in [0.1, 0.15) is 0 Å². The fraction of sp³-hybridized carbons (Fsp3) is 0.571. The molecule has 5 heteroatoms. The molecule has 0 atom stereocenters. The van der Waals surface area contributed by atoms with Crippen LogP contribution in [0.1, 0.15) is 18.4 Å². The number of halogens is 1. The van der Waals surface area contributed by atoms with Crippen LogP contribution < -0.4 is 14.8 Å². The molecule has 0 amide bonds. The van der Waals surface area contributed by atoms with Crippen molar-refractivity contribution in [2.45, 2.75) is 31.5 Å². The van der Waals surface area contributed by atoms with E-state index in [1.807, 2.05) is 12.1 Å². The van der Waals surface area contributed by atoms with E-state index in [0.717, 1.165) is 24.9 Å². The molecule has 0 saturated heterocycles. The highest BCUT2D eigenvalue weighted by atomic mass is 35.5. The largest absolute Gasteiger partial charge is 0.493 e. The van der Waals surface area contributed by atoms with Gasteiger partial charge in [0.15, 0.2) is 11.5 Å². The molecule has 1 fully saturated rings. The summed E-state index contributed by atoms with van der Waals surface area (Å²) in [5, 5.41) is 4.05. The van der Waals surface area contributed by atoms with Crippen molar-refractivity contribution >= 4 is 11.6 Å². The molecule has 1 N–H and O–H groups in total. The predicted octanol–water partition coefficient (Wildman–Crippen LogP) is 2.62. The van der Waals surface area contributed by atoms with Crippen LogP contribution in [-0.4, -0.2) is 33.5 Å². The number of benzene rings is 1. The van der Waals surface area contributed by atoms with Gasteiger partial charge in [-0.05, 0) is 30.5 Å². The summed E-state index contributed by atoms with van der Waals surface area (Å²) in [6.45, 7) is 0.765. The lowest BCUT2D eigenvalue weighted by Gasteiger charge is -2.34. The number of nitrogens with one attached hydrogen (secondary N) is 1. The molecular weight excluding hydrogens is 266 g/mol. The van der Waals surface area contributed by atoms with E-state index in [9.17, 15) is 0 Å². The normalized spacial score (nSPS) is 21.9. The zero-order valence-electron chi connectivity index (χ0n) is 11.5. The van der Waals surface area contributed by atoms with E-state index >= 15 is 0 Å². The minimum absolute atomic E-state index is 0.409. The Morgan fingerprint density at radius 3 is 2.53 bits per heavy atom. The van der Waals surface area contributed by atoms with Crippen LogP contribution in [0.15, 0.2) is 12.1 Å². The molecule has 1 aromatic rings. The van der Waals surface area contributed by atoms with E-state index in [2.05, 4.69) is 5.32 Å². The average molecular weight is 286 g/mol. The summed E-state index contributed by atoms with van der Waals surface area (Å²) in [4.78, 5) is 0. The summed E-state index contributed by atoms with van der Waals surface area (Å²) in [5.74, 6) is 1.24. The van der Waals surface area contributed by atoms with Gasteiger partial charge >= 0.3 is 0 Å². The van der Waals surface area contributed by atoms with Gasteiger partial charge < -0.3 is 19.5 Å². The molecule has 0 bridgehead atoms. The first-order chi connectivity index (χ1) is 9.17. The Kier molecular flexibility index (Phi) is 4.91. The van der Waals surface area contributed by atoms with Crippen LogP contribution in [0.3, 0.4) is 0 Å². The quantitative estimate of drug-likeness (QED) is 0.872. The standard InChI is InChI=1S/C14H20ClNO3/c1-17-11-6-10(7-11)16-8-9-4-12(15)14(19-3)13(5-9)18-2/h4-5,10-11,16H,6-8H2,1-3H3. The Labute approximate surface area is 119 Å². The van der Waals surface area contributed by atoms with Gasteiger partial charge in [-0.3, -0.25) is 0 Å². The van der Waals surface area contributed by atoms with Crippen molar-refractivity contribution in [1.29, 1.82) is 0 Å². The van der Waals surface area contributed by atoms with Crippen LogP contribution in [0.2, 0.25) is 5.02 Å². The molecule has 2 rings (SSSR count). The molecule has 0 aliphatic heterocycles. The van der Waals surface area contributed by atoms with E-state index in [1.54, 1.807) is 21.3 Å². The van der Waals surface area contributed by atoms with Crippen molar-refractivity contribution in [2.24, 2.45) is 0 Å². The van der Waals surface area contributed by atoms with Crippen LogP contribution in [0.5, 0.6) is 11.5 Å². The van der Waals surface area contributed by atoms with Crippen LogP contribution >= 0.6 is 11.6 Å². The smallest absolute Gasteiger partial charge is 0.179 e. The SMILES string of the molecule is COc1cc(CNC2CC(OC)C2)cc(Cl)c1OC. The van der Waals surface area contributed by atoms with Gasteiger partial charge in [0, 0.05) is 19.7 Å². The summed E-state index contributed by atoms with van der Waals surface area (Å²) in [6.07, 6.45) is 2.54. The summed E-state index contributed by atoms with van der Waals surface area (Å²) in [5.41, 5.74) is 1.09. The fourth-order valence-corrected chi connectivity index (χ4v) is 2.57. The molecule has 1 aromatic carbocycles. The van der Waals surface area contributed by atoms with Gasteiger partial charge in [-0.25, -0.2) is 0 Å². The maximum Gasteiger partial charge on any atom is 0.179 e. The Balaban J connectivity index is 1.95. The van der Waals surface area contributed by atoms with Crippen LogP contribution in [0.4, 0.5) is 0 Å². The number of hydrogen-bond acceptors (Lipinski definition) is 4. The lowest BCUT2D eigenvalue weighted by atomic mass is 9.89. The fourth-order valence-electron chi connectivity index (χ4n) is 2.26. The van der Waals surface area contributed by atoms with Gasteiger partial charge in [0.25, 0.3) is 0 Å². The number of methoxy groups -OCH3 is 3. The third-order valence-electron chi connectivity index (χ3n) is 3.52. The molecule has 0 aromatic heterocycles. The van der Waals surface area contributed by atoms with Crippen molar-refractivity contribution in [2.75, 3.05) is 21.3 Å². The first-order valence-corrected chi connectivity index (χ1v) is 6.72. The third kappa shape index (κ3) is 3.32. The van der Waals surface area contributed by atoms with Gasteiger partial charge in [-0.15, -0.1) is 0 Å². The maximum absolute atomic E-state index is 6.17. The Morgan fingerprint density at radius 1 is 1.21 bits per heavy atom. The van der Waals surface area contributed by atoms with E-state index < -0.39 is 0 Å². The average Bonchev–Trinajstić information content (AvgIpc) is 2.36. The lowest BCUT2D eigenvalue weighted by Crippen LogP contribution is -2.44. The van der Waals surface area contributed by atoms with Crippen LogP contribution in [0, 0.1) is 0 Å². The Morgan fingerprint density at radius 2 is 1.95 bits per heavy atom. The molecule has 0 heterocycles. The predicted molar refractivity (Wildman–Crippen MR) is 75.2 cm³/mol. The molecule has 1 saturated carbocycles. The Hall–Kier alpha value is -0.970. The van der Waals surface area contributed by atoms with Gasteiger partial charge in [0.05, 0.1) is 25.3 Å². The molecular formula is C14H20ClNO3. The van der Waals surface area contributed by atoms with Crippen molar-refractivity contribution in [3.8, 4) is 11.5 Å². The van der Waals surface area contributed by atoms with Gasteiger partial charge in [0.2, 0.25) is 0 Å². The second-order valence-corrected chi connectivity index (χ2v) is 5.13. The molecule has 1 aliphatic carbocycles. The summed E-state index contributed by atoms with van der Waals surface area (Å²) in [6, 6.07) is 4.38. The first-order valence-electron chi connectivity index (χ1n) is 6.34. The van der Waals surface area contributed by atoms with E-state index in [1.165, 1.54) is 0 Å². The molecule has 106 valence electrons. The zero-order chi connectivity index (χ0) is 13.8. The highest BCUT2D eigenvalue weighted by molar-refractivity contribution is 6.32. The first kappa shape index (κ1) is 14.4. The minimum atomic E-state index is 0.409. The minimum Gasteiger partial charge on any atom is -0.493 e. The second kappa shape index (κ2) is 6.46. The second-order valence-electron chi connectivity index (χ2n) is 4.72. The van der Waals surface area contributed by atoms with Gasteiger partial charge in [-0.2, -0.15) is 0 Å². The molecule has 0 radical (unpaired) electrons. The highest BCUT2D eigenvalue weighted by Crippen LogP contribution is 2.36. The maximum atomic E-state index is 6.17. The van der Waals surface area contributed by atoms with Gasteiger partial charge in [-0.1, -0.05) is 11.6 Å². The van der Waals surface area contributed by atoms with E-state index in [-0.39, 0.29) is 0 Å². The van der Waals surface area contributed by atoms with Crippen LogP contribution in [-0.2, 0) is 11.3 Å². The molecule has 19 heavy (non-hydrogen) atoms. The van der Waals surface area contributed by atoms with Crippen molar-refractivity contribution in [1.82, 2.24) is 5.32 Å². The monoisotopic (exact) mass is 285 g/mol. The topological polar surface area (TPSA) is 39.7 Å². The number of hydrogen-bond donors (Lipinski definition) is 1. The molecule has 1 aliphatic rings. The van der Waals surface area contributed by atoms with Crippen molar-refractivity contribution in [3.63, 3.8) is 0 Å². The highest BCUT2D eigenvalue weighted by Gasteiger charge is 2.28. The van der Waals surface area contributed by atoms with Crippen molar-refractivity contribution < 1.29 is 14.2 Å². The summed E-state index contributed by atoms with van der Waals surface area (Å²) in [7, 11) is 4.95. The zero-order valence-corrected chi connectivity index (χ0v) is 12.3. The number of ether oxygens (including phenoxy) is 3. The lowest BCUT2D eigenvalue weighted by molar-refractivity contribution is 0.0170. The number of rotatable bonds is 6. The molecule has 0 unspecified atom stereocenters. The van der Waals surface area contributed by atoms with E-state index in [4.69, 9.17) is 25.8 Å². The van der Waals surface area contributed by atoms with Crippen LogP contribution in [0.25, 0.3) is 0 Å². The Bertz CT molecular complexity index is 433. The van der Waals surface area contributed by atoms with Crippen molar-refractivity contribution in [3.05, 3.63) is 22.7 Å². The molecule has 0 spiro atoms. The molecule has 4 nitrogen and oxygen atoms in total. The summed E-state index contributed by atoms with van der Waals surface area (Å²) < 4.78 is 15.8. The third-order valence-corrected chi connectivity index (χ3v) is 3.80. The summed E-state index contributed by atoms with van der Waals surface area (Å²) >= 11 is 6.17.